The predicted molar refractivity (Wildman–Crippen MR) is 556 cm³/mol. The molecule has 5 nitrogen and oxygen atoms in total. The van der Waals surface area contributed by atoms with Crippen LogP contribution in [0.1, 0.15) is 345 Å². The fourth-order valence-electron chi connectivity index (χ4n) is 19.4. The molecule has 0 atom stereocenters. The maximum Gasteiger partial charge on any atom is 0.119 e. The molecule has 15 rings (SSSR count). The lowest BCUT2D eigenvalue weighted by Crippen LogP contribution is -2.13. The first kappa shape index (κ1) is 111. The lowest BCUT2D eigenvalue weighted by molar-refractivity contribution is 0.302. The van der Waals surface area contributed by atoms with Crippen LogP contribution in [0.25, 0.3) is 0 Å². The van der Waals surface area contributed by atoms with Crippen molar-refractivity contribution in [2.24, 2.45) is 29.6 Å². The van der Waals surface area contributed by atoms with Crippen LogP contribution in [-0.4, -0.2) is 0 Å². The van der Waals surface area contributed by atoms with Gasteiger partial charge in [-0.15, -0.1) is 63.1 Å². The highest BCUT2D eigenvalue weighted by Crippen LogP contribution is 2.44. The normalized spacial score (nSPS) is 19.6. The summed E-state index contributed by atoms with van der Waals surface area (Å²) in [6.07, 6.45) is 48.6. The van der Waals surface area contributed by atoms with Gasteiger partial charge in [0, 0.05) is 24.5 Å². The largest absolute Gasteiger partial charge is 0.489 e. The molecule has 0 aliphatic heterocycles. The SMILES string of the molecule is CCCCC1CCC(c2ccc(COc3ccc(S)cc3)cc2)CC1.CCCCC1CCC(c2ccc(COc3ccc(S)cc3)cc2)CC1.CCCCC1CCC(c2ccc(COc3ccc(S)cc3)cc2)CC1.CCCCC1CCC(c2ccc(COc3ccc(S)cc3)cc2)CC1.CCCCC1CCC(c2ccc(COc3ccc(S)cc3)cc2)CC1.F.F.F.F.F. The zero-order valence-corrected chi connectivity index (χ0v) is 82.9. The summed E-state index contributed by atoms with van der Waals surface area (Å²) in [6.45, 7) is 14.6. The van der Waals surface area contributed by atoms with E-state index in [0.717, 1.165) is 112 Å². The second-order valence-corrected chi connectivity index (χ2v) is 39.5. The predicted octanol–water partition coefficient (Wildman–Crippen LogP) is 35.9. The molecule has 0 spiro atoms. The van der Waals surface area contributed by atoms with Gasteiger partial charge in [0.2, 0.25) is 0 Å². The van der Waals surface area contributed by atoms with Crippen molar-refractivity contribution in [1.82, 2.24) is 0 Å². The molecule has 130 heavy (non-hydrogen) atoms. The van der Waals surface area contributed by atoms with Crippen LogP contribution in [0, 0.1) is 29.6 Å². The number of benzene rings is 10. The van der Waals surface area contributed by atoms with Crippen LogP contribution in [0.4, 0.5) is 23.5 Å². The molecule has 10 aromatic carbocycles. The number of hydrogen-bond donors (Lipinski definition) is 5. The monoisotopic (exact) mass is 1870 g/mol. The van der Waals surface area contributed by atoms with Gasteiger partial charge < -0.3 is 23.7 Å². The van der Waals surface area contributed by atoms with Crippen molar-refractivity contribution in [2.45, 2.75) is 346 Å². The Morgan fingerprint density at radius 3 is 0.438 bits per heavy atom. The van der Waals surface area contributed by atoms with Crippen LogP contribution in [0.3, 0.4) is 0 Å². The van der Waals surface area contributed by atoms with Crippen molar-refractivity contribution in [2.75, 3.05) is 0 Å². The Hall–Kier alpha value is -7.40. The van der Waals surface area contributed by atoms with Crippen molar-refractivity contribution in [3.8, 4) is 28.7 Å². The van der Waals surface area contributed by atoms with Crippen LogP contribution in [-0.2, 0) is 33.0 Å². The van der Waals surface area contributed by atoms with E-state index in [1.54, 1.807) is 0 Å². The number of rotatable bonds is 35. The van der Waals surface area contributed by atoms with Crippen LogP contribution in [0.5, 0.6) is 28.7 Å². The summed E-state index contributed by atoms with van der Waals surface area (Å²) in [6, 6.07) is 84.6. The van der Waals surface area contributed by atoms with Gasteiger partial charge in [-0.1, -0.05) is 252 Å². The summed E-state index contributed by atoms with van der Waals surface area (Å²) in [5.41, 5.74) is 13.7. The van der Waals surface area contributed by atoms with Crippen LogP contribution < -0.4 is 23.7 Å². The highest BCUT2D eigenvalue weighted by molar-refractivity contribution is 7.81. The maximum atomic E-state index is 5.85. The third-order valence-electron chi connectivity index (χ3n) is 27.5. The molecule has 5 aliphatic carbocycles. The lowest BCUT2D eigenvalue weighted by atomic mass is 9.77. The van der Waals surface area contributed by atoms with E-state index in [0.29, 0.717) is 33.0 Å². The van der Waals surface area contributed by atoms with E-state index < -0.39 is 0 Å². The van der Waals surface area contributed by atoms with Crippen molar-refractivity contribution in [1.29, 1.82) is 0 Å². The van der Waals surface area contributed by atoms with Crippen molar-refractivity contribution in [3.63, 3.8) is 0 Å². The topological polar surface area (TPSA) is 46.2 Å². The second-order valence-electron chi connectivity index (χ2n) is 36.9. The van der Waals surface area contributed by atoms with E-state index in [4.69, 9.17) is 23.7 Å². The summed E-state index contributed by atoms with van der Waals surface area (Å²) in [4.78, 5) is 4.80. The maximum absolute atomic E-state index is 5.85. The average molecular weight is 1870 g/mol. The number of hydrogen-bond acceptors (Lipinski definition) is 10. The van der Waals surface area contributed by atoms with Gasteiger partial charge in [-0.3, -0.25) is 23.5 Å². The van der Waals surface area contributed by atoms with Crippen LogP contribution in [0.15, 0.2) is 267 Å². The highest BCUT2D eigenvalue weighted by atomic mass is 32.1. The number of thiol groups is 5. The van der Waals surface area contributed by atoms with Crippen molar-refractivity contribution < 1.29 is 47.2 Å². The molecule has 10 aromatic rings. The summed E-state index contributed by atoms with van der Waals surface area (Å²) < 4.78 is 29.3. The molecule has 0 heterocycles. The van der Waals surface area contributed by atoms with Gasteiger partial charge in [0.1, 0.15) is 61.8 Å². The third-order valence-corrected chi connectivity index (χ3v) is 29.0. The van der Waals surface area contributed by atoms with Gasteiger partial charge in [0.05, 0.1) is 0 Å². The quantitative estimate of drug-likeness (QED) is 0.0202. The first-order valence-corrected chi connectivity index (χ1v) is 51.0. The van der Waals surface area contributed by atoms with Gasteiger partial charge in [0.25, 0.3) is 0 Å². The van der Waals surface area contributed by atoms with Crippen molar-refractivity contribution >= 4 is 63.1 Å². The number of halogens is 5. The smallest absolute Gasteiger partial charge is 0.119 e. The molecule has 5 saturated carbocycles. The number of ether oxygens (including phenoxy) is 5. The van der Waals surface area contributed by atoms with E-state index in [1.165, 1.54) is 280 Å². The summed E-state index contributed by atoms with van der Waals surface area (Å²) in [5, 5.41) is 0. The van der Waals surface area contributed by atoms with Gasteiger partial charge >= 0.3 is 0 Å². The summed E-state index contributed by atoms with van der Waals surface area (Å²) in [5.74, 6) is 13.2. The second kappa shape index (κ2) is 63.0. The zero-order valence-electron chi connectivity index (χ0n) is 78.5. The molecule has 0 radical (unpaired) electrons. The molecule has 0 bridgehead atoms. The molecular formula is C115H155F5O5S5. The fraction of sp³-hybridized carbons (Fsp3) is 0.478. The zero-order chi connectivity index (χ0) is 87.4. The Kier molecular flexibility index (Phi) is 53.9. The molecule has 0 saturated heterocycles. The minimum absolute atomic E-state index is 0. The molecular weight excluding hydrogens is 1720 g/mol. The summed E-state index contributed by atoms with van der Waals surface area (Å²) in [7, 11) is 0. The molecule has 5 aliphatic rings. The van der Waals surface area contributed by atoms with E-state index >= 15 is 0 Å². The Bertz CT molecular complexity index is 3830. The molecule has 0 amide bonds. The standard InChI is InChI=1S/5C23H30OS.5FH/c5*1-2-3-4-18-5-9-20(10-6-18)21-11-7-19(8-12-21)17-24-22-13-15-23(25)16-14-22;;;;;/h5*7-8,11-16,18,20,25H,2-6,9-10,17H2,1H3;5*1H. The fourth-order valence-corrected chi connectivity index (χ4v) is 20.1. The third kappa shape index (κ3) is 40.0. The van der Waals surface area contributed by atoms with Gasteiger partial charge in [-0.2, -0.15) is 0 Å². The Morgan fingerprint density at radius 2 is 0.315 bits per heavy atom. The molecule has 15 heteroatoms. The minimum Gasteiger partial charge on any atom is -0.489 e. The highest BCUT2D eigenvalue weighted by Gasteiger charge is 2.27. The molecule has 0 unspecified atom stereocenters. The Balaban J connectivity index is 0.000000248. The first-order valence-electron chi connectivity index (χ1n) is 48.7. The molecule has 0 N–H and O–H groups in total. The van der Waals surface area contributed by atoms with E-state index in [2.05, 4.69) is 219 Å². The first-order chi connectivity index (χ1) is 61.2. The molecule has 710 valence electrons. The Labute approximate surface area is 807 Å². The van der Waals surface area contributed by atoms with Crippen LogP contribution in [0.2, 0.25) is 0 Å². The lowest BCUT2D eigenvalue weighted by Gasteiger charge is -2.29. The van der Waals surface area contributed by atoms with Gasteiger partial charge in [-0.25, -0.2) is 0 Å². The molecule has 0 aromatic heterocycles. The van der Waals surface area contributed by atoms with E-state index in [-0.39, 0.29) is 23.5 Å². The van der Waals surface area contributed by atoms with Gasteiger partial charge in [0.15, 0.2) is 0 Å². The number of unbranched alkanes of at least 4 members (excludes halogenated alkanes) is 5. The summed E-state index contributed by atoms with van der Waals surface area (Å²) >= 11 is 21.5. The Morgan fingerprint density at radius 1 is 0.185 bits per heavy atom. The molecule has 5 fully saturated rings. The average Bonchev–Trinajstić information content (AvgIpc) is 0.864. The van der Waals surface area contributed by atoms with Crippen molar-refractivity contribution in [3.05, 3.63) is 298 Å². The minimum atomic E-state index is 0. The van der Waals surface area contributed by atoms with E-state index in [1.807, 2.05) is 121 Å². The van der Waals surface area contributed by atoms with E-state index in [9.17, 15) is 0 Å². The van der Waals surface area contributed by atoms with Crippen LogP contribution >= 0.6 is 63.1 Å². The van der Waals surface area contributed by atoms with Gasteiger partial charge in [-0.05, 0) is 365 Å².